The fraction of sp³-hybridized carbons (Fsp3) is 0.250. The summed E-state index contributed by atoms with van der Waals surface area (Å²) in [6, 6.07) is 12.0. The maximum atomic E-state index is 13.1. The average Bonchev–Trinajstić information content (AvgIpc) is 3.36. The van der Waals surface area contributed by atoms with Gasteiger partial charge in [-0.2, -0.15) is 0 Å². The summed E-state index contributed by atoms with van der Waals surface area (Å²) in [5.41, 5.74) is 12.3. The summed E-state index contributed by atoms with van der Waals surface area (Å²) in [7, 11) is 0. The Kier molecular flexibility index (Phi) is 6.23. The smallest absolute Gasteiger partial charge is 0.300 e. The van der Waals surface area contributed by atoms with Crippen molar-refractivity contribution in [2.45, 2.75) is 33.2 Å². The second-order valence-corrected chi connectivity index (χ2v) is 7.71. The Morgan fingerprint density at radius 2 is 1.91 bits per heavy atom. The molecule has 0 amide bonds. The normalized spacial score (nSPS) is 11.1. The van der Waals surface area contributed by atoms with Gasteiger partial charge >= 0.3 is 0 Å². The summed E-state index contributed by atoms with van der Waals surface area (Å²) in [4.78, 5) is 37.2. The molecule has 3 heterocycles. The zero-order valence-electron chi connectivity index (χ0n) is 18.6. The van der Waals surface area contributed by atoms with Crippen LogP contribution < -0.4 is 11.3 Å². The number of nitrogens with one attached hydrogen (secondary N) is 2. The highest BCUT2D eigenvalue weighted by molar-refractivity contribution is 5.98. The molecule has 170 valence electrons. The lowest BCUT2D eigenvalue weighted by Gasteiger charge is -2.10. The predicted octanol–water partition coefficient (Wildman–Crippen LogP) is 3.42. The van der Waals surface area contributed by atoms with Crippen molar-refractivity contribution in [3.63, 3.8) is 0 Å². The molecule has 0 saturated heterocycles. The van der Waals surface area contributed by atoms with Crippen molar-refractivity contribution in [2.75, 3.05) is 6.54 Å². The number of rotatable bonds is 5. The van der Waals surface area contributed by atoms with Crippen LogP contribution in [0, 0.1) is 0 Å². The van der Waals surface area contributed by atoms with Crippen molar-refractivity contribution >= 4 is 38.9 Å². The zero-order valence-corrected chi connectivity index (χ0v) is 18.6. The van der Waals surface area contributed by atoms with Crippen LogP contribution in [0.3, 0.4) is 0 Å². The van der Waals surface area contributed by atoms with Gasteiger partial charge in [0.25, 0.3) is 11.5 Å². The van der Waals surface area contributed by atoms with Gasteiger partial charge in [0.15, 0.2) is 0 Å². The number of hydrogen-bond acceptors (Lipinski definition) is 5. The number of H-pyrrole nitrogens is 2. The van der Waals surface area contributed by atoms with Gasteiger partial charge in [-0.15, -0.1) is 0 Å². The largest absolute Gasteiger partial charge is 0.481 e. The number of carbonyl (C=O) groups is 1. The number of nitrogens with two attached hydrogens (primary N) is 1. The summed E-state index contributed by atoms with van der Waals surface area (Å²) < 4.78 is 2.28. The SMILES string of the molecule is CC(=O)O.CCc1c(-c2nc3cc4[nH]cnc4cc3[nH]c2=O)c2ccccc2n1CCCN. The van der Waals surface area contributed by atoms with Crippen LogP contribution in [0.4, 0.5) is 0 Å². The van der Waals surface area contributed by atoms with Crippen molar-refractivity contribution in [3.8, 4) is 11.3 Å². The first-order chi connectivity index (χ1) is 15.9. The van der Waals surface area contributed by atoms with Crippen molar-refractivity contribution in [2.24, 2.45) is 5.73 Å². The van der Waals surface area contributed by atoms with Crippen molar-refractivity contribution in [1.82, 2.24) is 24.5 Å². The Labute approximate surface area is 189 Å². The molecule has 2 aromatic carbocycles. The number of benzene rings is 2. The molecule has 5 aromatic rings. The monoisotopic (exact) mass is 446 g/mol. The lowest BCUT2D eigenvalue weighted by atomic mass is 10.1. The number of para-hydroxylation sites is 1. The van der Waals surface area contributed by atoms with Crippen molar-refractivity contribution in [3.05, 3.63) is 58.8 Å². The lowest BCUT2D eigenvalue weighted by molar-refractivity contribution is -0.134. The summed E-state index contributed by atoms with van der Waals surface area (Å²) in [6.07, 6.45) is 3.32. The third-order valence-corrected chi connectivity index (χ3v) is 5.47. The van der Waals surface area contributed by atoms with Gasteiger partial charge < -0.3 is 25.4 Å². The summed E-state index contributed by atoms with van der Waals surface area (Å²) >= 11 is 0. The molecule has 9 heteroatoms. The second kappa shape index (κ2) is 9.25. The van der Waals surface area contributed by atoms with Gasteiger partial charge in [-0.25, -0.2) is 9.97 Å². The molecule has 0 aliphatic heterocycles. The van der Waals surface area contributed by atoms with Gasteiger partial charge in [0.05, 0.1) is 28.4 Å². The molecule has 0 unspecified atom stereocenters. The number of fused-ring (bicyclic) bond motifs is 3. The summed E-state index contributed by atoms with van der Waals surface area (Å²) in [6.45, 7) is 4.64. The van der Waals surface area contributed by atoms with Gasteiger partial charge in [0, 0.05) is 35.6 Å². The lowest BCUT2D eigenvalue weighted by Crippen LogP contribution is -2.13. The van der Waals surface area contributed by atoms with Gasteiger partial charge in [-0.3, -0.25) is 9.59 Å². The molecular formula is C24H26N6O3. The topological polar surface area (TPSA) is 143 Å². The molecule has 0 radical (unpaired) electrons. The van der Waals surface area contributed by atoms with Crippen LogP contribution in [-0.2, 0) is 17.8 Å². The molecule has 0 spiro atoms. The molecule has 3 aromatic heterocycles. The third kappa shape index (κ3) is 4.22. The number of aryl methyl sites for hydroxylation is 1. The number of carboxylic acids is 1. The number of aromatic nitrogens is 5. The van der Waals surface area contributed by atoms with Crippen molar-refractivity contribution < 1.29 is 9.90 Å². The fourth-order valence-electron chi connectivity index (χ4n) is 4.18. The minimum Gasteiger partial charge on any atom is -0.481 e. The van der Waals surface area contributed by atoms with Crippen molar-refractivity contribution in [1.29, 1.82) is 0 Å². The van der Waals surface area contributed by atoms with Gasteiger partial charge in [-0.1, -0.05) is 25.1 Å². The van der Waals surface area contributed by atoms with E-state index in [9.17, 15) is 4.79 Å². The standard InChI is InChI=1S/C22H22N6O.C2H4O2/c1-2-18-20(13-6-3-4-7-19(13)28(18)9-5-8-23)21-22(29)27-17-11-15-14(24-12-25-15)10-16(17)26-21;1-2(3)4/h3-4,6-7,10-12H,2,5,8-9,23H2,1H3,(H,24,25)(H,27,29);1H3,(H,3,4). The first-order valence-electron chi connectivity index (χ1n) is 10.8. The Morgan fingerprint density at radius 3 is 2.64 bits per heavy atom. The maximum Gasteiger partial charge on any atom is 0.300 e. The highest BCUT2D eigenvalue weighted by Gasteiger charge is 2.21. The Bertz CT molecular complexity index is 1510. The van der Waals surface area contributed by atoms with Crippen LogP contribution >= 0.6 is 0 Å². The number of aromatic amines is 2. The number of nitrogens with zero attached hydrogens (tertiary/aromatic N) is 3. The molecule has 0 saturated carbocycles. The van der Waals surface area contributed by atoms with E-state index in [-0.39, 0.29) is 5.56 Å². The Hall–Kier alpha value is -3.98. The van der Waals surface area contributed by atoms with Crippen LogP contribution in [0.25, 0.3) is 44.2 Å². The van der Waals surface area contributed by atoms with E-state index in [1.54, 1.807) is 6.33 Å². The third-order valence-electron chi connectivity index (χ3n) is 5.47. The summed E-state index contributed by atoms with van der Waals surface area (Å²) in [5, 5.41) is 8.46. The number of hydrogen-bond donors (Lipinski definition) is 4. The molecule has 5 N–H and O–H groups in total. The molecule has 33 heavy (non-hydrogen) atoms. The number of aliphatic carboxylic acids is 1. The first kappa shape index (κ1) is 22.2. The highest BCUT2D eigenvalue weighted by atomic mass is 16.4. The average molecular weight is 447 g/mol. The minimum atomic E-state index is -0.833. The minimum absolute atomic E-state index is 0.191. The second-order valence-electron chi connectivity index (χ2n) is 7.71. The molecule has 0 atom stereocenters. The predicted molar refractivity (Wildman–Crippen MR) is 129 cm³/mol. The zero-order chi connectivity index (χ0) is 23.5. The van der Waals surface area contributed by atoms with Crippen LogP contribution in [0.15, 0.2) is 47.5 Å². The van der Waals surface area contributed by atoms with Crippen LogP contribution in [0.5, 0.6) is 0 Å². The summed E-state index contributed by atoms with van der Waals surface area (Å²) in [5.74, 6) is -0.833. The van der Waals surface area contributed by atoms with Crippen LogP contribution in [-0.4, -0.2) is 42.1 Å². The van der Waals surface area contributed by atoms with Crippen LogP contribution in [0.1, 0.15) is 26.0 Å². The van der Waals surface area contributed by atoms with E-state index in [2.05, 4.69) is 38.6 Å². The van der Waals surface area contributed by atoms with E-state index in [4.69, 9.17) is 20.6 Å². The molecule has 9 nitrogen and oxygen atoms in total. The number of carboxylic acid groups (broad SMARTS) is 1. The maximum absolute atomic E-state index is 13.1. The number of imidazole rings is 1. The first-order valence-corrected chi connectivity index (χ1v) is 10.8. The molecule has 5 rings (SSSR count). The molecule has 0 bridgehead atoms. The molecular weight excluding hydrogens is 420 g/mol. The van der Waals surface area contributed by atoms with Gasteiger partial charge in [0.1, 0.15) is 5.69 Å². The van der Waals surface area contributed by atoms with Gasteiger partial charge in [0.2, 0.25) is 0 Å². The molecule has 0 fully saturated rings. The Balaban J connectivity index is 0.000000601. The van der Waals surface area contributed by atoms with E-state index in [0.29, 0.717) is 17.8 Å². The van der Waals surface area contributed by atoms with Crippen LogP contribution in [0.2, 0.25) is 0 Å². The van der Waals surface area contributed by atoms with E-state index in [0.717, 1.165) is 65.0 Å². The molecule has 0 aliphatic carbocycles. The highest BCUT2D eigenvalue weighted by Crippen LogP contribution is 2.34. The van der Waals surface area contributed by atoms with E-state index in [1.165, 1.54) is 0 Å². The van der Waals surface area contributed by atoms with E-state index >= 15 is 0 Å². The van der Waals surface area contributed by atoms with E-state index < -0.39 is 5.97 Å². The Morgan fingerprint density at radius 1 is 1.18 bits per heavy atom. The fourth-order valence-corrected chi connectivity index (χ4v) is 4.18. The molecule has 0 aliphatic rings. The quantitative estimate of drug-likeness (QED) is 0.326. The van der Waals surface area contributed by atoms with E-state index in [1.807, 2.05) is 24.3 Å². The van der Waals surface area contributed by atoms with Gasteiger partial charge in [-0.05, 0) is 37.6 Å².